The maximum absolute atomic E-state index is 13.1. The molecule has 0 aliphatic carbocycles. The number of hydrogen-bond acceptors (Lipinski definition) is 3. The second-order valence-corrected chi connectivity index (χ2v) is 6.16. The van der Waals surface area contributed by atoms with Gasteiger partial charge < -0.3 is 5.73 Å². The Hall–Kier alpha value is -1.92. The molecule has 1 atom stereocenters. The molecule has 0 radical (unpaired) electrons. The van der Waals surface area contributed by atoms with Crippen molar-refractivity contribution in [2.75, 3.05) is 4.72 Å². The van der Waals surface area contributed by atoms with E-state index in [0.717, 1.165) is 11.6 Å². The average Bonchev–Trinajstić information content (AvgIpc) is 2.38. The lowest BCUT2D eigenvalue weighted by Crippen LogP contribution is -2.14. The standard InChI is InChI=1S/C14H15FN2O2S/c1-10(16)11-4-2-6-13(8-11)17-20(18,19)14-7-3-5-12(15)9-14/h2-10,17H,16H2,1H3. The van der Waals surface area contributed by atoms with Gasteiger partial charge in [-0.2, -0.15) is 0 Å². The van der Waals surface area contributed by atoms with Crippen LogP contribution in [0.5, 0.6) is 0 Å². The van der Waals surface area contributed by atoms with Crippen molar-refractivity contribution in [3.8, 4) is 0 Å². The maximum atomic E-state index is 13.1. The summed E-state index contributed by atoms with van der Waals surface area (Å²) in [6.07, 6.45) is 0. The van der Waals surface area contributed by atoms with Gasteiger partial charge in [-0.05, 0) is 42.8 Å². The number of anilines is 1. The van der Waals surface area contributed by atoms with E-state index in [4.69, 9.17) is 5.73 Å². The molecule has 1 unspecified atom stereocenters. The van der Waals surface area contributed by atoms with Crippen LogP contribution in [0, 0.1) is 5.82 Å². The van der Waals surface area contributed by atoms with Crippen LogP contribution in [0.1, 0.15) is 18.5 Å². The van der Waals surface area contributed by atoms with Crippen LogP contribution in [0.3, 0.4) is 0 Å². The number of rotatable bonds is 4. The maximum Gasteiger partial charge on any atom is 0.261 e. The summed E-state index contributed by atoms with van der Waals surface area (Å²) >= 11 is 0. The van der Waals surface area contributed by atoms with Crippen molar-refractivity contribution >= 4 is 15.7 Å². The van der Waals surface area contributed by atoms with Crippen LogP contribution < -0.4 is 10.5 Å². The molecule has 0 aliphatic rings. The Bertz CT molecular complexity index is 715. The topological polar surface area (TPSA) is 72.2 Å². The van der Waals surface area contributed by atoms with E-state index in [1.54, 1.807) is 25.1 Å². The molecule has 106 valence electrons. The van der Waals surface area contributed by atoms with Crippen molar-refractivity contribution in [2.24, 2.45) is 5.73 Å². The molecule has 0 fully saturated rings. The Morgan fingerprint density at radius 3 is 2.50 bits per heavy atom. The monoisotopic (exact) mass is 294 g/mol. The van der Waals surface area contributed by atoms with Crippen LogP contribution in [0.2, 0.25) is 0 Å². The summed E-state index contributed by atoms with van der Waals surface area (Å²) in [4.78, 5) is -0.122. The van der Waals surface area contributed by atoms with Gasteiger partial charge in [0.1, 0.15) is 5.82 Å². The molecule has 4 nitrogen and oxygen atoms in total. The highest BCUT2D eigenvalue weighted by Crippen LogP contribution is 2.20. The number of nitrogens with two attached hydrogens (primary N) is 1. The van der Waals surface area contributed by atoms with Gasteiger partial charge in [-0.15, -0.1) is 0 Å². The summed E-state index contributed by atoms with van der Waals surface area (Å²) < 4.78 is 39.8. The number of halogens is 1. The van der Waals surface area contributed by atoms with Crippen LogP contribution >= 0.6 is 0 Å². The molecule has 0 aliphatic heterocycles. The van der Waals surface area contributed by atoms with Gasteiger partial charge in [0.25, 0.3) is 10.0 Å². The SMILES string of the molecule is CC(N)c1cccc(NS(=O)(=O)c2cccc(F)c2)c1. The predicted molar refractivity (Wildman–Crippen MR) is 76.3 cm³/mol. The molecule has 0 heterocycles. The predicted octanol–water partition coefficient (Wildman–Crippen LogP) is 2.65. The smallest absolute Gasteiger partial charge is 0.261 e. The van der Waals surface area contributed by atoms with Gasteiger partial charge in [-0.3, -0.25) is 4.72 Å². The molecule has 0 aromatic heterocycles. The molecular formula is C14H15FN2O2S. The molecule has 2 aromatic rings. The van der Waals surface area contributed by atoms with E-state index in [1.165, 1.54) is 18.2 Å². The van der Waals surface area contributed by atoms with Crippen molar-refractivity contribution in [3.05, 3.63) is 59.9 Å². The fraction of sp³-hybridized carbons (Fsp3) is 0.143. The van der Waals surface area contributed by atoms with Crippen molar-refractivity contribution in [3.63, 3.8) is 0 Å². The summed E-state index contributed by atoms with van der Waals surface area (Å²) in [5.41, 5.74) is 6.95. The molecule has 2 rings (SSSR count). The Morgan fingerprint density at radius 1 is 1.15 bits per heavy atom. The minimum absolute atomic E-state index is 0.122. The lowest BCUT2D eigenvalue weighted by Gasteiger charge is -2.11. The Balaban J connectivity index is 2.31. The van der Waals surface area contributed by atoms with Gasteiger partial charge in [-0.25, -0.2) is 12.8 Å². The van der Waals surface area contributed by atoms with Crippen molar-refractivity contribution in [1.82, 2.24) is 0 Å². The van der Waals surface area contributed by atoms with Crippen LogP contribution in [-0.4, -0.2) is 8.42 Å². The average molecular weight is 294 g/mol. The second kappa shape index (κ2) is 5.60. The first-order chi connectivity index (χ1) is 9.38. The molecular weight excluding hydrogens is 279 g/mol. The summed E-state index contributed by atoms with van der Waals surface area (Å²) in [5.74, 6) is -0.600. The van der Waals surface area contributed by atoms with Crippen molar-refractivity contribution in [1.29, 1.82) is 0 Å². The van der Waals surface area contributed by atoms with Gasteiger partial charge in [0.05, 0.1) is 4.90 Å². The van der Waals surface area contributed by atoms with Crippen molar-refractivity contribution < 1.29 is 12.8 Å². The molecule has 0 saturated heterocycles. The Kier molecular flexibility index (Phi) is 4.06. The first-order valence-corrected chi connectivity index (χ1v) is 7.51. The van der Waals surface area contributed by atoms with E-state index in [1.807, 2.05) is 6.07 Å². The third kappa shape index (κ3) is 3.34. The molecule has 6 heteroatoms. The normalized spacial score (nSPS) is 12.9. The fourth-order valence-electron chi connectivity index (χ4n) is 1.73. The fourth-order valence-corrected chi connectivity index (χ4v) is 2.81. The second-order valence-electron chi connectivity index (χ2n) is 4.48. The van der Waals surface area contributed by atoms with E-state index >= 15 is 0 Å². The third-order valence-corrected chi connectivity index (χ3v) is 4.15. The molecule has 20 heavy (non-hydrogen) atoms. The number of benzene rings is 2. The van der Waals surface area contributed by atoms with Gasteiger partial charge >= 0.3 is 0 Å². The highest BCUT2D eigenvalue weighted by molar-refractivity contribution is 7.92. The quantitative estimate of drug-likeness (QED) is 0.910. The van der Waals surface area contributed by atoms with Gasteiger partial charge in [0.2, 0.25) is 0 Å². The van der Waals surface area contributed by atoms with Gasteiger partial charge in [0, 0.05) is 11.7 Å². The highest BCUT2D eigenvalue weighted by atomic mass is 32.2. The minimum atomic E-state index is -3.81. The minimum Gasteiger partial charge on any atom is -0.324 e. The molecule has 0 saturated carbocycles. The highest BCUT2D eigenvalue weighted by Gasteiger charge is 2.15. The zero-order chi connectivity index (χ0) is 14.8. The summed E-state index contributed by atoms with van der Waals surface area (Å²) in [6, 6.07) is 11.4. The van der Waals surface area contributed by atoms with E-state index < -0.39 is 15.8 Å². The van der Waals surface area contributed by atoms with Crippen LogP contribution in [0.25, 0.3) is 0 Å². The van der Waals surface area contributed by atoms with Gasteiger partial charge in [-0.1, -0.05) is 18.2 Å². The first kappa shape index (κ1) is 14.5. The Morgan fingerprint density at radius 2 is 1.85 bits per heavy atom. The molecule has 2 aromatic carbocycles. The van der Waals surface area contributed by atoms with E-state index in [9.17, 15) is 12.8 Å². The zero-order valence-electron chi connectivity index (χ0n) is 10.9. The lowest BCUT2D eigenvalue weighted by atomic mass is 10.1. The summed E-state index contributed by atoms with van der Waals surface area (Å²) in [7, 11) is -3.81. The molecule has 0 spiro atoms. The number of sulfonamides is 1. The molecule has 3 N–H and O–H groups in total. The van der Waals surface area contributed by atoms with E-state index in [0.29, 0.717) is 5.69 Å². The van der Waals surface area contributed by atoms with Crippen LogP contribution in [-0.2, 0) is 10.0 Å². The van der Waals surface area contributed by atoms with E-state index in [-0.39, 0.29) is 10.9 Å². The number of hydrogen-bond donors (Lipinski definition) is 2. The van der Waals surface area contributed by atoms with Crippen LogP contribution in [0.4, 0.5) is 10.1 Å². The van der Waals surface area contributed by atoms with E-state index in [2.05, 4.69) is 4.72 Å². The largest absolute Gasteiger partial charge is 0.324 e. The summed E-state index contributed by atoms with van der Waals surface area (Å²) in [6.45, 7) is 1.81. The molecule has 0 amide bonds. The Labute approximate surface area is 117 Å². The first-order valence-electron chi connectivity index (χ1n) is 6.02. The number of nitrogens with one attached hydrogen (secondary N) is 1. The van der Waals surface area contributed by atoms with Gasteiger partial charge in [0.15, 0.2) is 0 Å². The zero-order valence-corrected chi connectivity index (χ0v) is 11.7. The van der Waals surface area contributed by atoms with Crippen LogP contribution in [0.15, 0.2) is 53.4 Å². The lowest BCUT2D eigenvalue weighted by molar-refractivity contribution is 0.595. The van der Waals surface area contributed by atoms with Crippen molar-refractivity contribution in [2.45, 2.75) is 17.9 Å². The summed E-state index contributed by atoms with van der Waals surface area (Å²) in [5, 5.41) is 0. The third-order valence-electron chi connectivity index (χ3n) is 2.77. The molecule has 0 bridgehead atoms.